The van der Waals surface area contributed by atoms with Crippen LogP contribution in [0, 0.1) is 11.2 Å². The molecule has 1 saturated heterocycles. The van der Waals surface area contributed by atoms with Crippen molar-refractivity contribution in [1.82, 2.24) is 24.8 Å². The third kappa shape index (κ3) is 8.86. The van der Waals surface area contributed by atoms with E-state index in [1.807, 2.05) is 0 Å². The van der Waals surface area contributed by atoms with E-state index < -0.39 is 29.9 Å². The predicted octanol–water partition coefficient (Wildman–Crippen LogP) is 7.61. The van der Waals surface area contributed by atoms with Gasteiger partial charge in [0.1, 0.15) is 11.5 Å². The second-order valence-electron chi connectivity index (χ2n) is 13.0. The number of aryl methyl sites for hydroxylation is 1. The topological polar surface area (TPSA) is 116 Å². The van der Waals surface area contributed by atoms with Crippen molar-refractivity contribution in [1.29, 1.82) is 5.41 Å². The van der Waals surface area contributed by atoms with Crippen LogP contribution >= 0.6 is 0 Å². The molecule has 0 saturated carbocycles. The number of H-pyrrole nitrogens is 1. The number of aromatic nitrogens is 3. The van der Waals surface area contributed by atoms with Crippen LogP contribution in [0.25, 0.3) is 28.0 Å². The van der Waals surface area contributed by atoms with Gasteiger partial charge >= 0.3 is 11.9 Å². The third-order valence-electron chi connectivity index (χ3n) is 9.37. The van der Waals surface area contributed by atoms with Crippen molar-refractivity contribution in [3.63, 3.8) is 0 Å². The van der Waals surface area contributed by atoms with Crippen molar-refractivity contribution < 1.29 is 22.0 Å². The van der Waals surface area contributed by atoms with Crippen LogP contribution in [0.2, 0.25) is 0 Å². The van der Waals surface area contributed by atoms with Crippen LogP contribution in [0.3, 0.4) is 0 Å². The number of nitrogens with two attached hydrogens (primary N) is 1. The van der Waals surface area contributed by atoms with Crippen molar-refractivity contribution >= 4 is 16.9 Å². The van der Waals surface area contributed by atoms with Gasteiger partial charge in [-0.1, -0.05) is 12.1 Å². The fraction of sp³-hybridized carbons (Fsp3) is 0.432. The average molecular weight is 698 g/mol. The Labute approximate surface area is 288 Å². The highest BCUT2D eigenvalue weighted by atomic mass is 19.4. The zero-order chi connectivity index (χ0) is 36.0. The minimum absolute atomic E-state index is 0.103. The Morgan fingerprint density at radius 3 is 2.70 bits per heavy atom. The van der Waals surface area contributed by atoms with Gasteiger partial charge in [0.15, 0.2) is 0 Å². The predicted molar refractivity (Wildman–Crippen MR) is 187 cm³/mol. The summed E-state index contributed by atoms with van der Waals surface area (Å²) in [7, 11) is 0. The lowest BCUT2D eigenvalue weighted by Gasteiger charge is -2.43. The zero-order valence-corrected chi connectivity index (χ0v) is 28.1. The van der Waals surface area contributed by atoms with Crippen LogP contribution in [-0.2, 0) is 12.6 Å². The molecule has 13 heteroatoms. The monoisotopic (exact) mass is 697 g/mol. The number of rotatable bonds is 14. The second-order valence-corrected chi connectivity index (χ2v) is 13.0. The van der Waals surface area contributed by atoms with Crippen LogP contribution in [0.4, 0.5) is 22.0 Å². The second kappa shape index (κ2) is 16.1. The Bertz CT molecular complexity index is 1870. The number of halogens is 5. The average Bonchev–Trinajstić information content (AvgIpc) is 3.49. The quantitative estimate of drug-likeness (QED) is 0.0469. The molecular formula is C37H44F5N7O. The summed E-state index contributed by atoms with van der Waals surface area (Å²) in [6.45, 7) is 5.91. The van der Waals surface area contributed by atoms with E-state index in [1.54, 1.807) is 37.3 Å². The van der Waals surface area contributed by atoms with Crippen molar-refractivity contribution in [2.75, 3.05) is 19.8 Å². The molecule has 0 aliphatic carbocycles. The largest absolute Gasteiger partial charge is 0.416 e. The minimum atomic E-state index is -4.56. The van der Waals surface area contributed by atoms with Crippen LogP contribution in [-0.4, -0.2) is 57.1 Å². The summed E-state index contributed by atoms with van der Waals surface area (Å²) in [4.78, 5) is 22.4. The standard InChI is InChI=1S/C37H44F5N7O/c1-3-28(44)8-4-7-24-17-25(19-27(18-24)37(40,41)42)33-20-26-22-49(36(50)47-35(26)46-33)30-11-12-31(32(39)21-30)34-10-5-9-29(13-15-45-23(2)43)48(34)16-6-14-38/h3,11-12,17-22,28-29,34H,1,4-10,13-16,44H2,2H3,(H2,43,45)(H,46,47,50)/t28-,29-,34-/m0/s1. The van der Waals surface area contributed by atoms with Crippen LogP contribution in [0.5, 0.6) is 0 Å². The highest BCUT2D eigenvalue weighted by Gasteiger charge is 2.33. The molecule has 0 radical (unpaired) electrons. The van der Waals surface area contributed by atoms with Crippen LogP contribution < -0.4 is 16.7 Å². The molecule has 0 bridgehead atoms. The van der Waals surface area contributed by atoms with E-state index in [-0.39, 0.29) is 29.5 Å². The molecule has 3 heterocycles. The summed E-state index contributed by atoms with van der Waals surface area (Å²) in [5.41, 5.74) is 6.47. The normalized spacial score (nSPS) is 17.6. The first kappa shape index (κ1) is 36.9. The fourth-order valence-corrected chi connectivity index (χ4v) is 6.87. The molecule has 5 rings (SSSR count). The Morgan fingerprint density at radius 2 is 2.00 bits per heavy atom. The lowest BCUT2D eigenvalue weighted by atomic mass is 9.88. The molecular weight excluding hydrogens is 653 g/mol. The van der Waals surface area contributed by atoms with Gasteiger partial charge < -0.3 is 16.0 Å². The number of fused-ring (bicyclic) bond motifs is 1. The van der Waals surface area contributed by atoms with Crippen LogP contribution in [0.1, 0.15) is 74.6 Å². The summed E-state index contributed by atoms with van der Waals surface area (Å²) in [5, 5.41) is 11.1. The molecule has 50 heavy (non-hydrogen) atoms. The van der Waals surface area contributed by atoms with Gasteiger partial charge in [0.05, 0.1) is 23.8 Å². The molecule has 268 valence electrons. The smallest absolute Gasteiger partial charge is 0.374 e. The number of benzene rings is 2. The fourth-order valence-electron chi connectivity index (χ4n) is 6.87. The SMILES string of the molecule is C=C[C@H](N)CCCc1cc(-c2cc3cn(-c4ccc([C@@H]5CCC[C@@H](CCNC(C)=N)N5CCCF)c(F)c4)c(=O)nc3[nH]2)cc(C(F)(F)F)c1. The summed E-state index contributed by atoms with van der Waals surface area (Å²) >= 11 is 0. The first-order valence-electron chi connectivity index (χ1n) is 17.0. The molecule has 8 nitrogen and oxygen atoms in total. The summed E-state index contributed by atoms with van der Waals surface area (Å²) in [5.74, 6) is -0.131. The highest BCUT2D eigenvalue weighted by molar-refractivity contribution is 5.83. The number of alkyl halides is 4. The maximum absolute atomic E-state index is 15.9. The number of amidine groups is 1. The van der Waals surface area contributed by atoms with Crippen molar-refractivity contribution in [2.24, 2.45) is 5.73 Å². The maximum Gasteiger partial charge on any atom is 0.416 e. The Kier molecular flexibility index (Phi) is 11.9. The number of likely N-dealkylation sites (tertiary alicyclic amines) is 1. The molecule has 1 aliphatic rings. The Morgan fingerprint density at radius 1 is 1.20 bits per heavy atom. The van der Waals surface area contributed by atoms with E-state index in [9.17, 15) is 22.4 Å². The molecule has 1 fully saturated rings. The number of nitrogens with zero attached hydrogens (tertiary/aromatic N) is 3. The molecule has 2 aromatic carbocycles. The van der Waals surface area contributed by atoms with Gasteiger partial charge in [0.2, 0.25) is 0 Å². The van der Waals surface area contributed by atoms with Gasteiger partial charge in [-0.25, -0.2) is 9.18 Å². The first-order valence-corrected chi connectivity index (χ1v) is 17.0. The summed E-state index contributed by atoms with van der Waals surface area (Å²) in [6, 6.07) is 9.68. The molecule has 1 aliphatic heterocycles. The summed E-state index contributed by atoms with van der Waals surface area (Å²) < 4.78 is 72.0. The van der Waals surface area contributed by atoms with Gasteiger partial charge in [0.25, 0.3) is 0 Å². The van der Waals surface area contributed by atoms with E-state index in [1.165, 1.54) is 16.8 Å². The van der Waals surface area contributed by atoms with Crippen LogP contribution in [0.15, 0.2) is 66.1 Å². The number of aromatic amines is 1. The zero-order valence-electron chi connectivity index (χ0n) is 28.1. The number of hydrogen-bond acceptors (Lipinski definition) is 5. The minimum Gasteiger partial charge on any atom is -0.374 e. The molecule has 0 amide bonds. The van der Waals surface area contributed by atoms with Crippen molar-refractivity contribution in [3.8, 4) is 16.9 Å². The molecule has 4 aromatic rings. The number of nitrogens with one attached hydrogen (secondary N) is 3. The molecule has 0 unspecified atom stereocenters. The van der Waals surface area contributed by atoms with Gasteiger partial charge in [-0.05, 0) is 106 Å². The lowest BCUT2D eigenvalue weighted by molar-refractivity contribution is -0.137. The van der Waals surface area contributed by atoms with E-state index >= 15 is 4.39 Å². The van der Waals surface area contributed by atoms with E-state index in [0.717, 1.165) is 31.4 Å². The lowest BCUT2D eigenvalue weighted by Crippen LogP contribution is -2.44. The first-order chi connectivity index (χ1) is 23.9. The number of piperidine rings is 1. The molecule has 5 N–H and O–H groups in total. The van der Waals surface area contributed by atoms with Gasteiger partial charge in [0, 0.05) is 54.1 Å². The van der Waals surface area contributed by atoms with Crippen molar-refractivity contribution in [2.45, 2.75) is 82.6 Å². The maximum atomic E-state index is 15.9. The molecule has 0 spiro atoms. The third-order valence-corrected chi connectivity index (χ3v) is 9.37. The number of hydrogen-bond donors (Lipinski definition) is 4. The highest BCUT2D eigenvalue weighted by Crippen LogP contribution is 2.38. The van der Waals surface area contributed by atoms with E-state index in [4.69, 9.17) is 11.1 Å². The molecule has 2 aromatic heterocycles. The van der Waals surface area contributed by atoms with Crippen molar-refractivity contribution in [3.05, 3.63) is 94.3 Å². The molecule has 3 atom stereocenters. The Hall–Kier alpha value is -4.36. The summed E-state index contributed by atoms with van der Waals surface area (Å²) in [6.07, 6.45) is 3.63. The van der Waals surface area contributed by atoms with Gasteiger partial charge in [-0.2, -0.15) is 18.2 Å². The Balaban J connectivity index is 1.43. The van der Waals surface area contributed by atoms with E-state index in [0.29, 0.717) is 78.8 Å². The van der Waals surface area contributed by atoms with E-state index in [2.05, 4.69) is 26.8 Å². The van der Waals surface area contributed by atoms with Gasteiger partial charge in [-0.15, -0.1) is 6.58 Å². The van der Waals surface area contributed by atoms with Gasteiger partial charge in [-0.3, -0.25) is 19.3 Å².